The summed E-state index contributed by atoms with van der Waals surface area (Å²) in [5.41, 5.74) is -0.187. The maximum absolute atomic E-state index is 12.4. The summed E-state index contributed by atoms with van der Waals surface area (Å²) >= 11 is 3.09. The summed E-state index contributed by atoms with van der Waals surface area (Å²) in [6.45, 7) is 0. The molecule has 1 aromatic carbocycles. The van der Waals surface area contributed by atoms with Crippen LogP contribution in [0.15, 0.2) is 50.8 Å². The average molecular weight is 449 g/mol. The largest absolute Gasteiger partial charge is 0.494 e. The van der Waals surface area contributed by atoms with E-state index in [4.69, 9.17) is 4.74 Å². The first-order chi connectivity index (χ1) is 11.6. The molecule has 1 aromatic heterocycles. The number of hydrogen-bond donors (Lipinski definition) is 1. The minimum absolute atomic E-state index is 0.187. The van der Waals surface area contributed by atoms with Crippen LogP contribution in [0.25, 0.3) is 0 Å². The van der Waals surface area contributed by atoms with Crippen LogP contribution in [-0.4, -0.2) is 41.1 Å². The molecule has 0 unspecified atom stereocenters. The van der Waals surface area contributed by atoms with Gasteiger partial charge in [0, 0.05) is 6.26 Å². The summed E-state index contributed by atoms with van der Waals surface area (Å²) in [5.74, 6) is -0.645. The highest BCUT2D eigenvalue weighted by molar-refractivity contribution is 9.10. The summed E-state index contributed by atoms with van der Waals surface area (Å²) in [7, 11) is -6.81. The number of carbonyl (C=O) groups excluding carboxylic acids is 1. The third-order valence-corrected chi connectivity index (χ3v) is 6.27. The van der Waals surface area contributed by atoms with Crippen molar-refractivity contribution in [3.63, 3.8) is 0 Å². The van der Waals surface area contributed by atoms with E-state index in [-0.39, 0.29) is 10.3 Å². The molecule has 0 saturated heterocycles. The zero-order valence-corrected chi connectivity index (χ0v) is 16.3. The van der Waals surface area contributed by atoms with Crippen molar-refractivity contribution < 1.29 is 26.4 Å². The van der Waals surface area contributed by atoms with E-state index in [1.165, 1.54) is 31.4 Å². The van der Waals surface area contributed by atoms with Crippen LogP contribution < -0.4 is 9.46 Å². The minimum Gasteiger partial charge on any atom is -0.494 e. The molecule has 1 amide bonds. The van der Waals surface area contributed by atoms with E-state index in [1.54, 1.807) is 0 Å². The summed E-state index contributed by atoms with van der Waals surface area (Å²) in [5, 5.41) is 0. The van der Waals surface area contributed by atoms with Gasteiger partial charge < -0.3 is 4.74 Å². The van der Waals surface area contributed by atoms with Gasteiger partial charge in [-0.05, 0) is 40.2 Å². The number of rotatable bonds is 5. The fourth-order valence-corrected chi connectivity index (χ4v) is 4.98. The number of nitrogens with zero attached hydrogens (tertiary/aromatic N) is 1. The molecule has 0 atom stereocenters. The van der Waals surface area contributed by atoms with Gasteiger partial charge >= 0.3 is 0 Å². The van der Waals surface area contributed by atoms with E-state index in [0.717, 1.165) is 18.4 Å². The first-order valence-corrected chi connectivity index (χ1v) is 10.8. The first-order valence-electron chi connectivity index (χ1n) is 6.63. The summed E-state index contributed by atoms with van der Waals surface area (Å²) < 4.78 is 55.4. The van der Waals surface area contributed by atoms with Gasteiger partial charge in [-0.15, -0.1) is 0 Å². The van der Waals surface area contributed by atoms with E-state index >= 15 is 0 Å². The highest BCUT2D eigenvalue weighted by Crippen LogP contribution is 2.23. The quantitative estimate of drug-likeness (QED) is 0.685. The molecule has 0 aliphatic rings. The van der Waals surface area contributed by atoms with Crippen LogP contribution in [0, 0.1) is 0 Å². The second-order valence-corrected chi connectivity index (χ2v) is 9.23. The van der Waals surface area contributed by atoms with Gasteiger partial charge in [0.2, 0.25) is 0 Å². The lowest BCUT2D eigenvalue weighted by atomic mass is 10.3. The molecule has 0 saturated carbocycles. The number of nitrogens with one attached hydrogen (secondary N) is 1. The highest BCUT2D eigenvalue weighted by Gasteiger charge is 2.26. The van der Waals surface area contributed by atoms with Crippen LogP contribution in [0.4, 0.5) is 0 Å². The van der Waals surface area contributed by atoms with Gasteiger partial charge in [0.1, 0.15) is 15.2 Å². The summed E-state index contributed by atoms with van der Waals surface area (Å²) in [6, 6.07) is 7.70. The highest BCUT2D eigenvalue weighted by atomic mass is 79.9. The molecular formula is C14H13BrN2O6S2. The third kappa shape index (κ3) is 4.35. The molecule has 0 fully saturated rings. The number of sulfonamides is 1. The maximum Gasteiger partial charge on any atom is 0.283 e. The van der Waals surface area contributed by atoms with Crippen molar-refractivity contribution >= 4 is 41.7 Å². The second kappa shape index (κ2) is 7.10. The fraction of sp³-hybridized carbons (Fsp3) is 0.143. The van der Waals surface area contributed by atoms with Crippen LogP contribution in [0.1, 0.15) is 10.5 Å². The predicted molar refractivity (Wildman–Crippen MR) is 92.7 cm³/mol. The molecule has 134 valence electrons. The Kier molecular flexibility index (Phi) is 5.49. The van der Waals surface area contributed by atoms with Crippen LogP contribution >= 0.6 is 15.9 Å². The van der Waals surface area contributed by atoms with E-state index in [9.17, 15) is 21.6 Å². The molecule has 0 radical (unpaired) electrons. The smallest absolute Gasteiger partial charge is 0.283 e. The van der Waals surface area contributed by atoms with Crippen LogP contribution in [0.5, 0.6) is 5.75 Å². The molecule has 2 rings (SSSR count). The number of aromatic nitrogens is 1. The number of benzene rings is 1. The van der Waals surface area contributed by atoms with Crippen LogP contribution in [0.2, 0.25) is 0 Å². The Bertz CT molecular complexity index is 1040. The van der Waals surface area contributed by atoms with Crippen molar-refractivity contribution in [1.82, 2.24) is 9.71 Å². The molecule has 11 heteroatoms. The molecule has 0 bridgehead atoms. The van der Waals surface area contributed by atoms with Crippen molar-refractivity contribution in [2.75, 3.05) is 13.4 Å². The lowest BCUT2D eigenvalue weighted by Gasteiger charge is -2.10. The van der Waals surface area contributed by atoms with Gasteiger partial charge in [0.05, 0.1) is 12.0 Å². The lowest BCUT2D eigenvalue weighted by Crippen LogP contribution is -2.32. The molecule has 8 nitrogen and oxygen atoms in total. The molecule has 25 heavy (non-hydrogen) atoms. The number of pyridine rings is 1. The van der Waals surface area contributed by atoms with Crippen molar-refractivity contribution in [1.29, 1.82) is 0 Å². The molecule has 0 spiro atoms. The molecule has 1 heterocycles. The predicted octanol–water partition coefficient (Wildman–Crippen LogP) is 1.37. The van der Waals surface area contributed by atoms with E-state index in [0.29, 0.717) is 5.75 Å². The number of sulfone groups is 1. The Balaban J connectivity index is 2.40. The molecule has 2 aromatic rings. The van der Waals surface area contributed by atoms with Crippen LogP contribution in [-0.2, 0) is 19.9 Å². The van der Waals surface area contributed by atoms with Gasteiger partial charge in [-0.1, -0.05) is 12.1 Å². The van der Waals surface area contributed by atoms with Crippen molar-refractivity contribution in [3.8, 4) is 5.75 Å². The molecular weight excluding hydrogens is 436 g/mol. The zero-order valence-electron chi connectivity index (χ0n) is 13.1. The van der Waals surface area contributed by atoms with Gasteiger partial charge in [0.15, 0.2) is 15.6 Å². The molecule has 1 N–H and O–H groups in total. The Morgan fingerprint density at radius 1 is 1.08 bits per heavy atom. The minimum atomic E-state index is -4.42. The standard InChI is InChI=1S/C14H13BrN2O6S2/c1-23-10-8-7-9(16-13(10)15)14(18)17-25(21,22)12-6-4-3-5-11(12)24(2,19)20/h3-8H,1-2H3,(H,17,18). The summed E-state index contributed by atoms with van der Waals surface area (Å²) in [6.07, 6.45) is 0.880. The number of hydrogen-bond acceptors (Lipinski definition) is 7. The first kappa shape index (κ1) is 19.3. The van der Waals surface area contributed by atoms with Gasteiger partial charge in [-0.25, -0.2) is 26.5 Å². The van der Waals surface area contributed by atoms with E-state index in [2.05, 4.69) is 20.9 Å². The van der Waals surface area contributed by atoms with Gasteiger partial charge in [-0.3, -0.25) is 4.79 Å². The van der Waals surface area contributed by atoms with Crippen molar-refractivity contribution in [2.24, 2.45) is 0 Å². The lowest BCUT2D eigenvalue weighted by molar-refractivity contribution is 0.0976. The Morgan fingerprint density at radius 2 is 1.68 bits per heavy atom. The molecule has 0 aliphatic heterocycles. The average Bonchev–Trinajstić information content (AvgIpc) is 2.53. The SMILES string of the molecule is COc1ccc(C(=O)NS(=O)(=O)c2ccccc2S(C)(=O)=O)nc1Br. The monoisotopic (exact) mass is 448 g/mol. The Morgan fingerprint density at radius 3 is 2.20 bits per heavy atom. The number of carbonyl (C=O) groups is 1. The number of amides is 1. The number of methoxy groups -OCH3 is 1. The Hall–Kier alpha value is -1.98. The fourth-order valence-electron chi connectivity index (χ4n) is 1.91. The normalized spacial score (nSPS) is 11.8. The van der Waals surface area contributed by atoms with E-state index in [1.807, 2.05) is 4.72 Å². The number of halogens is 1. The number of ether oxygens (including phenoxy) is 1. The van der Waals surface area contributed by atoms with Crippen molar-refractivity contribution in [3.05, 3.63) is 46.7 Å². The second-order valence-electron chi connectivity index (χ2n) is 4.84. The maximum atomic E-state index is 12.4. The Labute approximate surface area is 153 Å². The van der Waals surface area contributed by atoms with Crippen molar-refractivity contribution in [2.45, 2.75) is 9.79 Å². The van der Waals surface area contributed by atoms with Gasteiger partial charge in [-0.2, -0.15) is 0 Å². The molecule has 0 aliphatic carbocycles. The zero-order chi connectivity index (χ0) is 18.8. The summed E-state index contributed by atoms with van der Waals surface area (Å²) in [4.78, 5) is 15.2. The van der Waals surface area contributed by atoms with E-state index < -0.39 is 35.6 Å². The third-order valence-electron chi connectivity index (χ3n) is 3.03. The van der Waals surface area contributed by atoms with Crippen LogP contribution in [0.3, 0.4) is 0 Å². The topological polar surface area (TPSA) is 119 Å². The van der Waals surface area contributed by atoms with Gasteiger partial charge in [0.25, 0.3) is 15.9 Å².